The molecule has 3 aromatic rings. The average molecular weight is 485 g/mol. The summed E-state index contributed by atoms with van der Waals surface area (Å²) in [5.74, 6) is 0.0969. The molecular formula is C25H27F3N6O. The van der Waals surface area contributed by atoms with Gasteiger partial charge in [-0.05, 0) is 50.9 Å². The van der Waals surface area contributed by atoms with E-state index in [-0.39, 0.29) is 29.0 Å². The molecule has 1 atom stereocenters. The van der Waals surface area contributed by atoms with E-state index in [0.717, 1.165) is 44.8 Å². The highest BCUT2D eigenvalue weighted by atomic mass is 19.4. The molecule has 2 aromatic heterocycles. The van der Waals surface area contributed by atoms with Gasteiger partial charge in [0.05, 0.1) is 28.7 Å². The minimum Gasteiger partial charge on any atom is -0.350 e. The van der Waals surface area contributed by atoms with Crippen LogP contribution in [0.2, 0.25) is 0 Å². The smallest absolute Gasteiger partial charge is 0.350 e. The Kier molecular flexibility index (Phi) is 6.31. The van der Waals surface area contributed by atoms with E-state index >= 15 is 0 Å². The van der Waals surface area contributed by atoms with Crippen LogP contribution in [0, 0.1) is 0 Å². The molecule has 1 saturated heterocycles. The summed E-state index contributed by atoms with van der Waals surface area (Å²) in [7, 11) is 0. The lowest BCUT2D eigenvalue weighted by Crippen LogP contribution is -2.40. The van der Waals surface area contributed by atoms with Crippen LogP contribution in [0.4, 0.5) is 13.2 Å². The first kappa shape index (κ1) is 23.5. The van der Waals surface area contributed by atoms with Crippen molar-refractivity contribution in [2.45, 2.75) is 50.7 Å². The number of halogens is 3. The van der Waals surface area contributed by atoms with E-state index in [2.05, 4.69) is 32.2 Å². The fraction of sp³-hybridized carbons (Fsp3) is 0.440. The second-order valence-corrected chi connectivity index (χ2v) is 9.05. The predicted molar refractivity (Wildman–Crippen MR) is 124 cm³/mol. The lowest BCUT2D eigenvalue weighted by atomic mass is 10.0. The molecule has 2 aliphatic rings. The van der Waals surface area contributed by atoms with E-state index in [4.69, 9.17) is 0 Å². The monoisotopic (exact) mass is 484 g/mol. The Morgan fingerprint density at radius 2 is 1.97 bits per heavy atom. The van der Waals surface area contributed by atoms with Gasteiger partial charge in [0.15, 0.2) is 0 Å². The predicted octanol–water partition coefficient (Wildman–Crippen LogP) is 4.44. The molecule has 7 nitrogen and oxygen atoms in total. The van der Waals surface area contributed by atoms with Gasteiger partial charge in [-0.3, -0.25) is 9.69 Å². The summed E-state index contributed by atoms with van der Waals surface area (Å²) in [5, 5.41) is 7.44. The van der Waals surface area contributed by atoms with Crippen molar-refractivity contribution in [3.05, 3.63) is 59.5 Å². The highest BCUT2D eigenvalue weighted by Gasteiger charge is 2.35. The summed E-state index contributed by atoms with van der Waals surface area (Å²) in [5.41, 5.74) is 0.534. The van der Waals surface area contributed by atoms with Crippen molar-refractivity contribution in [2.24, 2.45) is 0 Å². The van der Waals surface area contributed by atoms with Crippen LogP contribution in [0.15, 0.2) is 42.7 Å². The molecule has 1 aromatic carbocycles. The van der Waals surface area contributed by atoms with Crippen LogP contribution in [-0.4, -0.2) is 56.2 Å². The van der Waals surface area contributed by atoms with Crippen LogP contribution >= 0.6 is 0 Å². The van der Waals surface area contributed by atoms with Crippen molar-refractivity contribution < 1.29 is 18.0 Å². The Bertz CT molecular complexity index is 1220. The van der Waals surface area contributed by atoms with Crippen molar-refractivity contribution >= 4 is 5.91 Å². The highest BCUT2D eigenvalue weighted by Crippen LogP contribution is 2.42. The standard InChI is InChI=1S/C25H27F3N6O/c1-2-33-13-5-6-17(33)14-30-23(35)19-15-31-34(22(19)16-9-10-16)24-29-12-11-21(32-24)18-7-3-4-8-20(18)25(26,27)28/h3-4,7-8,11-12,15-17H,2,5-6,9-10,13-14H2,1H3,(H,30,35). The Hall–Kier alpha value is -3.27. The zero-order valence-corrected chi connectivity index (χ0v) is 19.4. The molecule has 5 rings (SSSR count). The number of carbonyl (C=O) groups is 1. The minimum absolute atomic E-state index is 0.0289. The van der Waals surface area contributed by atoms with Crippen LogP contribution in [0.1, 0.15) is 60.1 Å². The number of hydrogen-bond acceptors (Lipinski definition) is 5. The van der Waals surface area contributed by atoms with Crippen LogP contribution in [0.3, 0.4) is 0 Å². The number of nitrogens with one attached hydrogen (secondary N) is 1. The molecule has 1 amide bonds. The fourth-order valence-corrected chi connectivity index (χ4v) is 4.84. The normalized spacial score (nSPS) is 18.7. The molecule has 1 unspecified atom stereocenters. The Morgan fingerprint density at radius 1 is 1.17 bits per heavy atom. The van der Waals surface area contributed by atoms with Crippen molar-refractivity contribution in [3.63, 3.8) is 0 Å². The molecule has 0 bridgehead atoms. The first-order chi connectivity index (χ1) is 16.9. The molecular weight excluding hydrogens is 457 g/mol. The SMILES string of the molecule is CCN1CCCC1CNC(=O)c1cnn(-c2nccc(-c3ccccc3C(F)(F)F)n2)c1C1CC1. The highest BCUT2D eigenvalue weighted by molar-refractivity contribution is 5.95. The van der Waals surface area contributed by atoms with Gasteiger partial charge in [0.2, 0.25) is 0 Å². The van der Waals surface area contributed by atoms with Crippen molar-refractivity contribution in [3.8, 4) is 17.2 Å². The van der Waals surface area contributed by atoms with Gasteiger partial charge < -0.3 is 5.32 Å². The zero-order chi connectivity index (χ0) is 24.6. The number of amides is 1. The van der Waals surface area contributed by atoms with Gasteiger partial charge in [-0.15, -0.1) is 0 Å². The third-order valence-corrected chi connectivity index (χ3v) is 6.76. The van der Waals surface area contributed by atoms with Crippen molar-refractivity contribution in [2.75, 3.05) is 19.6 Å². The van der Waals surface area contributed by atoms with E-state index in [1.807, 2.05) is 0 Å². The molecule has 10 heteroatoms. The maximum Gasteiger partial charge on any atom is 0.417 e. The molecule has 0 radical (unpaired) electrons. The van der Waals surface area contributed by atoms with Gasteiger partial charge in [-0.2, -0.15) is 18.3 Å². The maximum atomic E-state index is 13.6. The second-order valence-electron chi connectivity index (χ2n) is 9.05. The number of benzene rings is 1. The number of rotatable bonds is 7. The lowest BCUT2D eigenvalue weighted by molar-refractivity contribution is -0.137. The first-order valence-corrected chi connectivity index (χ1v) is 12.0. The van der Waals surface area contributed by atoms with E-state index < -0.39 is 11.7 Å². The molecule has 184 valence electrons. The summed E-state index contributed by atoms with van der Waals surface area (Å²) in [6, 6.07) is 7.10. The average Bonchev–Trinajstić information content (AvgIpc) is 3.42. The van der Waals surface area contributed by atoms with E-state index in [1.54, 1.807) is 6.07 Å². The number of likely N-dealkylation sites (N-methyl/N-ethyl adjacent to an activating group) is 1. The van der Waals surface area contributed by atoms with E-state index in [1.165, 1.54) is 35.3 Å². The molecule has 0 spiro atoms. The minimum atomic E-state index is -4.51. The second kappa shape index (κ2) is 9.41. The molecule has 1 aliphatic heterocycles. The van der Waals surface area contributed by atoms with Gasteiger partial charge >= 0.3 is 6.18 Å². The maximum absolute atomic E-state index is 13.6. The first-order valence-electron chi connectivity index (χ1n) is 12.0. The van der Waals surface area contributed by atoms with E-state index in [9.17, 15) is 18.0 Å². The molecule has 1 N–H and O–H groups in total. The van der Waals surface area contributed by atoms with Crippen LogP contribution < -0.4 is 5.32 Å². The fourth-order valence-electron chi connectivity index (χ4n) is 4.84. The summed E-state index contributed by atoms with van der Waals surface area (Å²) in [6.45, 7) is 4.70. The van der Waals surface area contributed by atoms with Crippen LogP contribution in [0.5, 0.6) is 0 Å². The summed E-state index contributed by atoms with van der Waals surface area (Å²) < 4.78 is 42.2. The van der Waals surface area contributed by atoms with Crippen LogP contribution in [-0.2, 0) is 6.18 Å². The third-order valence-electron chi connectivity index (χ3n) is 6.76. The quantitative estimate of drug-likeness (QED) is 0.537. The molecule has 35 heavy (non-hydrogen) atoms. The van der Waals surface area contributed by atoms with E-state index in [0.29, 0.717) is 23.8 Å². The summed E-state index contributed by atoms with van der Waals surface area (Å²) in [6.07, 6.45) is 2.43. The number of nitrogens with zero attached hydrogens (tertiary/aromatic N) is 5. The number of hydrogen-bond donors (Lipinski definition) is 1. The summed E-state index contributed by atoms with van der Waals surface area (Å²) in [4.78, 5) is 24.1. The number of likely N-dealkylation sites (tertiary alicyclic amines) is 1. The van der Waals surface area contributed by atoms with Crippen LogP contribution in [0.25, 0.3) is 17.2 Å². The Balaban J connectivity index is 1.44. The number of alkyl halides is 3. The molecule has 2 fully saturated rings. The molecule has 1 aliphatic carbocycles. The van der Waals surface area contributed by atoms with Gasteiger partial charge in [-0.1, -0.05) is 25.1 Å². The lowest BCUT2D eigenvalue weighted by Gasteiger charge is -2.22. The largest absolute Gasteiger partial charge is 0.417 e. The van der Waals surface area contributed by atoms with Gasteiger partial charge in [-0.25, -0.2) is 14.6 Å². The number of aromatic nitrogens is 4. The Labute approximate surface area is 201 Å². The molecule has 3 heterocycles. The van der Waals surface area contributed by atoms with Gasteiger partial charge in [0, 0.05) is 30.3 Å². The Morgan fingerprint density at radius 3 is 2.71 bits per heavy atom. The van der Waals surface area contributed by atoms with Gasteiger partial charge in [0.25, 0.3) is 11.9 Å². The van der Waals surface area contributed by atoms with Crippen molar-refractivity contribution in [1.29, 1.82) is 0 Å². The van der Waals surface area contributed by atoms with Crippen molar-refractivity contribution in [1.82, 2.24) is 30.0 Å². The van der Waals surface area contributed by atoms with Gasteiger partial charge in [0.1, 0.15) is 0 Å². The topological polar surface area (TPSA) is 75.9 Å². The third kappa shape index (κ3) is 4.80. The zero-order valence-electron chi connectivity index (χ0n) is 19.4. The molecule has 1 saturated carbocycles. The summed E-state index contributed by atoms with van der Waals surface area (Å²) >= 11 is 0. The number of carbonyl (C=O) groups excluding carboxylic acids is 1.